The zero-order valence-electron chi connectivity index (χ0n) is 11.3. The third-order valence-electron chi connectivity index (χ3n) is 2.01. The highest BCUT2D eigenvalue weighted by molar-refractivity contribution is 4.71. The first-order valence-corrected chi connectivity index (χ1v) is 5.89. The molecule has 0 rings (SSSR count). The maximum absolute atomic E-state index is 10.3. The van der Waals surface area contributed by atoms with Crippen molar-refractivity contribution in [3.63, 3.8) is 0 Å². The molecule has 0 aliphatic rings. The molecule has 0 aromatic carbocycles. The molecular weight excluding hydrogens is 228 g/mol. The van der Waals surface area contributed by atoms with Gasteiger partial charge < -0.3 is 28.8 Å². The Bertz CT molecular complexity index is 181. The molecule has 17 heavy (non-hydrogen) atoms. The molecule has 0 saturated heterocycles. The standard InChI is InChI=1S/C11H24O6/c1-6-14-10(12,13-5)11(15-7-2,16-8-3)17-9-4/h12H,6-9H2,1-5H3. The first-order valence-electron chi connectivity index (χ1n) is 5.89. The minimum Gasteiger partial charge on any atom is -0.337 e. The fourth-order valence-electron chi connectivity index (χ4n) is 1.44. The summed E-state index contributed by atoms with van der Waals surface area (Å²) >= 11 is 0. The Balaban J connectivity index is 5.17. The van der Waals surface area contributed by atoms with Crippen LogP contribution < -0.4 is 0 Å². The largest absolute Gasteiger partial charge is 0.370 e. The van der Waals surface area contributed by atoms with Gasteiger partial charge in [-0.2, -0.15) is 0 Å². The maximum Gasteiger partial charge on any atom is 0.370 e. The van der Waals surface area contributed by atoms with Crippen LogP contribution >= 0.6 is 0 Å². The summed E-state index contributed by atoms with van der Waals surface area (Å²) in [5.74, 6) is -3.89. The van der Waals surface area contributed by atoms with E-state index in [0.717, 1.165) is 0 Å². The van der Waals surface area contributed by atoms with E-state index >= 15 is 0 Å². The van der Waals surface area contributed by atoms with Gasteiger partial charge in [0.1, 0.15) is 0 Å². The molecule has 0 heterocycles. The van der Waals surface area contributed by atoms with Gasteiger partial charge in [-0.25, -0.2) is 0 Å². The molecule has 104 valence electrons. The van der Waals surface area contributed by atoms with Crippen molar-refractivity contribution < 1.29 is 28.8 Å². The SMILES string of the molecule is CCOC(O)(OC)C(OCC)(OCC)OCC. The molecule has 0 saturated carbocycles. The van der Waals surface area contributed by atoms with E-state index < -0.39 is 11.9 Å². The van der Waals surface area contributed by atoms with E-state index in [4.69, 9.17) is 23.7 Å². The van der Waals surface area contributed by atoms with Gasteiger partial charge in [-0.15, -0.1) is 0 Å². The van der Waals surface area contributed by atoms with Gasteiger partial charge >= 0.3 is 11.9 Å². The Labute approximate surface area is 103 Å². The Hall–Kier alpha value is -0.240. The fraction of sp³-hybridized carbons (Fsp3) is 1.00. The Morgan fingerprint density at radius 2 is 1.12 bits per heavy atom. The predicted molar refractivity (Wildman–Crippen MR) is 61.2 cm³/mol. The molecule has 6 nitrogen and oxygen atoms in total. The van der Waals surface area contributed by atoms with Crippen LogP contribution in [0.25, 0.3) is 0 Å². The Morgan fingerprint density at radius 3 is 1.35 bits per heavy atom. The van der Waals surface area contributed by atoms with Crippen molar-refractivity contribution in [2.75, 3.05) is 33.5 Å². The number of rotatable bonds is 10. The van der Waals surface area contributed by atoms with Crippen LogP contribution in [0.3, 0.4) is 0 Å². The van der Waals surface area contributed by atoms with Crippen molar-refractivity contribution >= 4 is 0 Å². The molecular formula is C11H24O6. The number of ether oxygens (including phenoxy) is 5. The summed E-state index contributed by atoms with van der Waals surface area (Å²) in [5, 5.41) is 10.3. The van der Waals surface area contributed by atoms with Crippen LogP contribution in [0.5, 0.6) is 0 Å². The second-order valence-electron chi connectivity index (χ2n) is 3.07. The van der Waals surface area contributed by atoms with E-state index in [1.165, 1.54) is 7.11 Å². The topological polar surface area (TPSA) is 66.4 Å². The zero-order chi connectivity index (χ0) is 13.4. The van der Waals surface area contributed by atoms with Crippen LogP contribution in [0.4, 0.5) is 0 Å². The number of hydrogen-bond acceptors (Lipinski definition) is 6. The first kappa shape index (κ1) is 16.8. The lowest BCUT2D eigenvalue weighted by atomic mass is 10.4. The summed E-state index contributed by atoms with van der Waals surface area (Å²) in [4.78, 5) is 0. The van der Waals surface area contributed by atoms with Crippen LogP contribution in [-0.2, 0) is 23.7 Å². The van der Waals surface area contributed by atoms with Crippen molar-refractivity contribution in [1.82, 2.24) is 0 Å². The van der Waals surface area contributed by atoms with Gasteiger partial charge in [0, 0.05) is 33.5 Å². The van der Waals surface area contributed by atoms with E-state index in [1.54, 1.807) is 27.7 Å². The summed E-state index contributed by atoms with van der Waals surface area (Å²) in [6.07, 6.45) is 0. The van der Waals surface area contributed by atoms with Gasteiger partial charge in [-0.1, -0.05) is 0 Å². The normalized spacial score (nSPS) is 15.9. The summed E-state index contributed by atoms with van der Waals surface area (Å²) in [6, 6.07) is 0. The van der Waals surface area contributed by atoms with Crippen LogP contribution in [-0.4, -0.2) is 50.6 Å². The van der Waals surface area contributed by atoms with Gasteiger partial charge in [0.15, 0.2) is 0 Å². The molecule has 1 N–H and O–H groups in total. The highest BCUT2D eigenvalue weighted by Crippen LogP contribution is 2.31. The maximum atomic E-state index is 10.3. The van der Waals surface area contributed by atoms with Gasteiger partial charge in [-0.3, -0.25) is 0 Å². The van der Waals surface area contributed by atoms with Crippen LogP contribution in [0.2, 0.25) is 0 Å². The molecule has 0 spiro atoms. The lowest BCUT2D eigenvalue weighted by Gasteiger charge is -2.42. The summed E-state index contributed by atoms with van der Waals surface area (Å²) in [5.41, 5.74) is 0. The van der Waals surface area contributed by atoms with E-state index in [-0.39, 0.29) is 26.4 Å². The molecule has 1 unspecified atom stereocenters. The van der Waals surface area contributed by atoms with E-state index in [0.29, 0.717) is 0 Å². The number of hydrogen-bond donors (Lipinski definition) is 1. The van der Waals surface area contributed by atoms with Crippen molar-refractivity contribution in [3.8, 4) is 0 Å². The molecule has 0 aromatic heterocycles. The molecule has 0 amide bonds. The Morgan fingerprint density at radius 1 is 0.765 bits per heavy atom. The highest BCUT2D eigenvalue weighted by atomic mass is 17.0. The van der Waals surface area contributed by atoms with Crippen molar-refractivity contribution in [2.24, 2.45) is 0 Å². The van der Waals surface area contributed by atoms with Crippen molar-refractivity contribution in [3.05, 3.63) is 0 Å². The lowest BCUT2D eigenvalue weighted by Crippen LogP contribution is -2.62. The van der Waals surface area contributed by atoms with Crippen LogP contribution in [0, 0.1) is 0 Å². The molecule has 0 aliphatic heterocycles. The molecule has 0 bridgehead atoms. The van der Waals surface area contributed by atoms with E-state index in [2.05, 4.69) is 0 Å². The zero-order valence-corrected chi connectivity index (χ0v) is 11.3. The third-order valence-corrected chi connectivity index (χ3v) is 2.01. The van der Waals surface area contributed by atoms with Crippen LogP contribution in [0.1, 0.15) is 27.7 Å². The average Bonchev–Trinajstić information content (AvgIpc) is 2.30. The van der Waals surface area contributed by atoms with E-state index in [9.17, 15) is 5.11 Å². The second-order valence-corrected chi connectivity index (χ2v) is 3.07. The predicted octanol–water partition coefficient (Wildman–Crippen LogP) is 1.08. The quantitative estimate of drug-likeness (QED) is 0.587. The monoisotopic (exact) mass is 252 g/mol. The molecule has 0 aromatic rings. The lowest BCUT2D eigenvalue weighted by molar-refractivity contribution is -0.548. The molecule has 6 heteroatoms. The summed E-state index contributed by atoms with van der Waals surface area (Å²) < 4.78 is 26.2. The second kappa shape index (κ2) is 7.97. The van der Waals surface area contributed by atoms with E-state index in [1.807, 2.05) is 0 Å². The average molecular weight is 252 g/mol. The first-order chi connectivity index (χ1) is 8.05. The summed E-state index contributed by atoms with van der Waals surface area (Å²) in [6.45, 7) is 8.05. The minimum absolute atomic E-state index is 0.222. The van der Waals surface area contributed by atoms with Gasteiger partial charge in [0.05, 0.1) is 0 Å². The van der Waals surface area contributed by atoms with Gasteiger partial charge in [0.2, 0.25) is 0 Å². The highest BCUT2D eigenvalue weighted by Gasteiger charge is 2.57. The Kier molecular flexibility index (Phi) is 7.85. The summed E-state index contributed by atoms with van der Waals surface area (Å²) in [7, 11) is 1.29. The minimum atomic E-state index is -2.11. The number of methoxy groups -OCH3 is 1. The molecule has 0 radical (unpaired) electrons. The fourth-order valence-corrected chi connectivity index (χ4v) is 1.44. The number of aliphatic hydroxyl groups is 1. The smallest absolute Gasteiger partial charge is 0.337 e. The molecule has 0 fully saturated rings. The third kappa shape index (κ3) is 3.87. The van der Waals surface area contributed by atoms with Crippen molar-refractivity contribution in [2.45, 2.75) is 39.6 Å². The van der Waals surface area contributed by atoms with Gasteiger partial charge in [0.25, 0.3) is 0 Å². The molecule has 1 atom stereocenters. The van der Waals surface area contributed by atoms with Crippen molar-refractivity contribution in [1.29, 1.82) is 0 Å². The van der Waals surface area contributed by atoms with Gasteiger partial charge in [-0.05, 0) is 27.7 Å². The van der Waals surface area contributed by atoms with Crippen LogP contribution in [0.15, 0.2) is 0 Å². The molecule has 0 aliphatic carbocycles.